The normalized spacial score (nSPS) is 10.3. The van der Waals surface area contributed by atoms with E-state index in [0.29, 0.717) is 4.47 Å². The minimum absolute atomic E-state index is 0.0680. The summed E-state index contributed by atoms with van der Waals surface area (Å²) in [7, 11) is 0. The highest BCUT2D eigenvalue weighted by molar-refractivity contribution is 9.10. The monoisotopic (exact) mass is 322 g/mol. The molecule has 0 heterocycles. The van der Waals surface area contributed by atoms with Gasteiger partial charge in [-0.15, -0.1) is 0 Å². The van der Waals surface area contributed by atoms with Gasteiger partial charge in [-0.3, -0.25) is 0 Å². The summed E-state index contributed by atoms with van der Waals surface area (Å²) in [6.07, 6.45) is 0. The summed E-state index contributed by atoms with van der Waals surface area (Å²) in [6.45, 7) is 1.88. The van der Waals surface area contributed by atoms with Crippen molar-refractivity contribution in [1.29, 1.82) is 0 Å². The van der Waals surface area contributed by atoms with E-state index < -0.39 is 11.8 Å². The minimum Gasteiger partial charge on any atom is -0.457 e. The van der Waals surface area contributed by atoms with Crippen molar-refractivity contribution >= 4 is 21.9 Å². The highest BCUT2D eigenvalue weighted by atomic mass is 79.9. The van der Waals surface area contributed by atoms with Crippen LogP contribution < -0.4 is 0 Å². The zero-order valence-corrected chi connectivity index (χ0v) is 11.9. The van der Waals surface area contributed by atoms with Gasteiger partial charge < -0.3 is 4.74 Å². The van der Waals surface area contributed by atoms with Crippen LogP contribution in [0.25, 0.3) is 0 Å². The van der Waals surface area contributed by atoms with Crippen LogP contribution in [0.2, 0.25) is 0 Å². The van der Waals surface area contributed by atoms with E-state index in [2.05, 4.69) is 15.9 Å². The first-order valence-corrected chi connectivity index (χ1v) is 6.54. The van der Waals surface area contributed by atoms with Gasteiger partial charge in [-0.1, -0.05) is 30.3 Å². The molecule has 0 bridgehead atoms. The summed E-state index contributed by atoms with van der Waals surface area (Å²) in [5, 5.41) is 0. The van der Waals surface area contributed by atoms with Gasteiger partial charge in [0, 0.05) is 4.47 Å². The molecule has 0 N–H and O–H groups in total. The molecule has 0 saturated heterocycles. The molecule has 2 rings (SSSR count). The van der Waals surface area contributed by atoms with Crippen LogP contribution in [0.15, 0.2) is 46.9 Å². The lowest BCUT2D eigenvalue weighted by atomic mass is 10.1. The number of esters is 1. The number of carbonyl (C=O) groups is 1. The average Bonchev–Trinajstić information content (AvgIpc) is 2.36. The van der Waals surface area contributed by atoms with Crippen molar-refractivity contribution in [2.24, 2.45) is 0 Å². The third-order valence-corrected chi connectivity index (χ3v) is 3.23. The molecule has 0 aliphatic heterocycles. The van der Waals surface area contributed by atoms with Gasteiger partial charge in [0.05, 0.1) is 0 Å². The number of halogens is 2. The maximum absolute atomic E-state index is 13.8. The molecule has 0 unspecified atom stereocenters. The number of carbonyl (C=O) groups excluding carboxylic acids is 1. The van der Waals surface area contributed by atoms with E-state index in [4.69, 9.17) is 4.74 Å². The molecule has 0 spiro atoms. The molecule has 0 radical (unpaired) electrons. The second-order valence-corrected chi connectivity index (χ2v) is 5.02. The molecule has 0 aliphatic carbocycles. The van der Waals surface area contributed by atoms with E-state index in [0.717, 1.165) is 11.1 Å². The van der Waals surface area contributed by atoms with Crippen molar-refractivity contribution in [3.8, 4) is 0 Å². The van der Waals surface area contributed by atoms with Crippen LogP contribution in [0.3, 0.4) is 0 Å². The molecule has 98 valence electrons. The highest BCUT2D eigenvalue weighted by Crippen LogP contribution is 2.23. The van der Waals surface area contributed by atoms with E-state index in [1.165, 1.54) is 6.07 Å². The molecule has 0 aliphatic rings. The van der Waals surface area contributed by atoms with Crippen LogP contribution in [0.1, 0.15) is 21.5 Å². The van der Waals surface area contributed by atoms with Crippen LogP contribution in [0.4, 0.5) is 4.39 Å². The van der Waals surface area contributed by atoms with Crippen molar-refractivity contribution in [3.05, 3.63) is 69.4 Å². The smallest absolute Gasteiger partial charge is 0.342 e. The number of benzene rings is 2. The van der Waals surface area contributed by atoms with Gasteiger partial charge in [-0.05, 0) is 46.1 Å². The third-order valence-electron chi connectivity index (χ3n) is 2.60. The Balaban J connectivity index is 2.13. The fourth-order valence-corrected chi connectivity index (χ4v) is 2.40. The minimum atomic E-state index is -0.673. The Morgan fingerprint density at radius 2 is 1.95 bits per heavy atom. The van der Waals surface area contributed by atoms with Crippen LogP contribution in [-0.2, 0) is 11.3 Å². The molecule has 2 nitrogen and oxygen atoms in total. The van der Waals surface area contributed by atoms with E-state index in [1.807, 2.05) is 30.3 Å². The third kappa shape index (κ3) is 3.41. The van der Waals surface area contributed by atoms with Gasteiger partial charge in [-0.25, -0.2) is 9.18 Å². The molecular formula is C15H12BrFO2. The van der Waals surface area contributed by atoms with Crippen LogP contribution in [0.5, 0.6) is 0 Å². The lowest BCUT2D eigenvalue weighted by Gasteiger charge is -2.08. The number of hydrogen-bond donors (Lipinski definition) is 0. The van der Waals surface area contributed by atoms with Crippen LogP contribution in [0, 0.1) is 12.7 Å². The number of rotatable bonds is 3. The Morgan fingerprint density at radius 3 is 2.58 bits per heavy atom. The maximum Gasteiger partial charge on any atom is 0.342 e. The topological polar surface area (TPSA) is 26.3 Å². The summed E-state index contributed by atoms with van der Waals surface area (Å²) in [5.41, 5.74) is 1.53. The molecular weight excluding hydrogens is 311 g/mol. The summed E-state index contributed by atoms with van der Waals surface area (Å²) in [5.74, 6) is -1.25. The quantitative estimate of drug-likeness (QED) is 0.789. The Morgan fingerprint density at radius 1 is 1.26 bits per heavy atom. The fraction of sp³-hybridized carbons (Fsp3) is 0.133. The molecule has 2 aromatic rings. The molecule has 0 aromatic heterocycles. The average molecular weight is 323 g/mol. The molecule has 19 heavy (non-hydrogen) atoms. The molecule has 0 fully saturated rings. The van der Waals surface area contributed by atoms with Gasteiger partial charge in [-0.2, -0.15) is 0 Å². The van der Waals surface area contributed by atoms with Gasteiger partial charge in [0.1, 0.15) is 18.0 Å². The summed E-state index contributed by atoms with van der Waals surface area (Å²) >= 11 is 3.18. The highest BCUT2D eigenvalue weighted by Gasteiger charge is 2.17. The van der Waals surface area contributed by atoms with Gasteiger partial charge in [0.25, 0.3) is 0 Å². The van der Waals surface area contributed by atoms with E-state index >= 15 is 0 Å². The zero-order valence-electron chi connectivity index (χ0n) is 10.3. The Hall–Kier alpha value is -1.68. The van der Waals surface area contributed by atoms with Crippen LogP contribution >= 0.6 is 15.9 Å². The predicted molar refractivity (Wildman–Crippen MR) is 74.4 cm³/mol. The Bertz CT molecular complexity index is 573. The van der Waals surface area contributed by atoms with Gasteiger partial charge >= 0.3 is 5.97 Å². The molecule has 0 saturated carbocycles. The summed E-state index contributed by atoms with van der Waals surface area (Å²) in [6, 6.07) is 12.3. The predicted octanol–water partition coefficient (Wildman–Crippen LogP) is 4.25. The lowest BCUT2D eigenvalue weighted by molar-refractivity contribution is 0.0466. The van der Waals surface area contributed by atoms with Crippen molar-refractivity contribution < 1.29 is 13.9 Å². The zero-order chi connectivity index (χ0) is 13.8. The standard InChI is InChI=1S/C15H12BrFO2/c1-10-7-12(16)14(13(17)8-10)15(18)19-9-11-5-3-2-4-6-11/h2-8H,9H2,1H3. The SMILES string of the molecule is Cc1cc(F)c(C(=O)OCc2ccccc2)c(Br)c1. The number of aryl methyl sites for hydroxylation is 1. The van der Waals surface area contributed by atoms with Gasteiger partial charge in [0.2, 0.25) is 0 Å². The number of hydrogen-bond acceptors (Lipinski definition) is 2. The fourth-order valence-electron chi connectivity index (χ4n) is 1.69. The molecule has 0 amide bonds. The first-order chi connectivity index (χ1) is 9.08. The second-order valence-electron chi connectivity index (χ2n) is 4.17. The summed E-state index contributed by atoms with van der Waals surface area (Å²) < 4.78 is 19.3. The number of ether oxygens (including phenoxy) is 1. The summed E-state index contributed by atoms with van der Waals surface area (Å²) in [4.78, 5) is 11.9. The lowest BCUT2D eigenvalue weighted by Crippen LogP contribution is -2.09. The second kappa shape index (κ2) is 5.97. The van der Waals surface area contributed by atoms with E-state index in [-0.39, 0.29) is 12.2 Å². The van der Waals surface area contributed by atoms with Gasteiger partial charge in [0.15, 0.2) is 0 Å². The van der Waals surface area contributed by atoms with Crippen molar-refractivity contribution in [2.75, 3.05) is 0 Å². The molecule has 4 heteroatoms. The van der Waals surface area contributed by atoms with Crippen molar-refractivity contribution in [2.45, 2.75) is 13.5 Å². The largest absolute Gasteiger partial charge is 0.457 e. The van der Waals surface area contributed by atoms with Crippen LogP contribution in [-0.4, -0.2) is 5.97 Å². The van der Waals surface area contributed by atoms with Crippen molar-refractivity contribution in [1.82, 2.24) is 0 Å². The first kappa shape index (κ1) is 13.7. The first-order valence-electron chi connectivity index (χ1n) is 5.74. The molecule has 0 atom stereocenters. The molecule has 2 aromatic carbocycles. The van der Waals surface area contributed by atoms with E-state index in [1.54, 1.807) is 13.0 Å². The van der Waals surface area contributed by atoms with E-state index in [9.17, 15) is 9.18 Å². The van der Waals surface area contributed by atoms with Crippen molar-refractivity contribution in [3.63, 3.8) is 0 Å². The maximum atomic E-state index is 13.8. The Kier molecular flexibility index (Phi) is 4.32. The Labute approximate surface area is 119 Å².